The van der Waals surface area contributed by atoms with Gasteiger partial charge in [-0.25, -0.2) is 9.78 Å². The van der Waals surface area contributed by atoms with Crippen LogP contribution in [-0.2, 0) is 14.6 Å². The molecule has 2 unspecified atom stereocenters. The maximum absolute atomic E-state index is 11.5. The van der Waals surface area contributed by atoms with E-state index in [2.05, 4.69) is 20.4 Å². The van der Waals surface area contributed by atoms with Gasteiger partial charge in [-0.05, 0) is 67.0 Å². The van der Waals surface area contributed by atoms with Crippen molar-refractivity contribution in [1.29, 1.82) is 0 Å². The molecule has 0 saturated heterocycles. The van der Waals surface area contributed by atoms with E-state index >= 15 is 0 Å². The fraction of sp³-hybridized carbons (Fsp3) is 0.824. The van der Waals surface area contributed by atoms with Gasteiger partial charge in [-0.2, -0.15) is 0 Å². The predicted octanol–water partition coefficient (Wildman–Crippen LogP) is 4.05. The molecule has 1 N–H and O–H groups in total. The van der Waals surface area contributed by atoms with Gasteiger partial charge in [0.25, 0.3) is 0 Å². The van der Waals surface area contributed by atoms with Gasteiger partial charge in [0.2, 0.25) is 0 Å². The van der Waals surface area contributed by atoms with E-state index in [0.29, 0.717) is 15.4 Å². The Kier molecular flexibility index (Phi) is 7.99. The molecule has 0 amide bonds. The summed E-state index contributed by atoms with van der Waals surface area (Å²) in [5, 5.41) is 9.69. The third-order valence-electron chi connectivity index (χ3n) is 5.07. The number of aliphatic hydroxyl groups excluding tert-OH is 1. The Morgan fingerprint density at radius 3 is 2.64 bits per heavy atom. The highest BCUT2D eigenvalue weighted by atomic mass is 127. The fourth-order valence-corrected chi connectivity index (χ4v) is 3.88. The van der Waals surface area contributed by atoms with Crippen molar-refractivity contribution in [3.8, 4) is 0 Å². The largest absolute Gasteiger partial charge is 0.390 e. The lowest BCUT2D eigenvalue weighted by molar-refractivity contribution is -0.359. The normalized spacial score (nSPS) is 31.1. The zero-order chi connectivity index (χ0) is 16.9. The maximum atomic E-state index is 11.5. The first kappa shape index (κ1) is 20.1. The summed E-state index contributed by atoms with van der Waals surface area (Å²) in [6.07, 6.45) is 3.45. The smallest absolute Gasteiger partial charge is 0.148 e. The summed E-state index contributed by atoms with van der Waals surface area (Å²) in [4.78, 5) is 22.5. The van der Waals surface area contributed by atoms with E-state index in [1.54, 1.807) is 6.92 Å². The summed E-state index contributed by atoms with van der Waals surface area (Å²) in [6.45, 7) is 11.8. The summed E-state index contributed by atoms with van der Waals surface area (Å²) < 4.78 is 0.708. The van der Waals surface area contributed by atoms with Gasteiger partial charge < -0.3 is 9.90 Å². The lowest BCUT2D eigenvalue weighted by atomic mass is 9.64. The van der Waals surface area contributed by atoms with Crippen molar-refractivity contribution in [2.24, 2.45) is 17.3 Å². The second-order valence-corrected chi connectivity index (χ2v) is 8.18. The van der Waals surface area contributed by atoms with Crippen LogP contribution >= 0.6 is 22.6 Å². The summed E-state index contributed by atoms with van der Waals surface area (Å²) in [6, 6.07) is 0. The first-order valence-electron chi connectivity index (χ1n) is 8.06. The van der Waals surface area contributed by atoms with Crippen molar-refractivity contribution in [3.05, 3.63) is 10.2 Å². The molecule has 1 aliphatic rings. The molecule has 0 aromatic heterocycles. The highest BCUT2D eigenvalue weighted by Crippen LogP contribution is 2.43. The Balaban J connectivity index is 2.67. The molecule has 1 saturated carbocycles. The zero-order valence-corrected chi connectivity index (χ0v) is 16.2. The van der Waals surface area contributed by atoms with Crippen molar-refractivity contribution in [2.45, 2.75) is 71.7 Å². The van der Waals surface area contributed by atoms with Crippen LogP contribution in [0.3, 0.4) is 0 Å². The average molecular weight is 424 g/mol. The Bertz CT molecular complexity index is 385. The molecule has 22 heavy (non-hydrogen) atoms. The number of carbonyl (C=O) groups is 1. The Labute approximate surface area is 147 Å². The Hall–Kier alpha value is 0.0200. The van der Waals surface area contributed by atoms with Gasteiger partial charge in [0, 0.05) is 8.99 Å². The van der Waals surface area contributed by atoms with Gasteiger partial charge in [-0.15, -0.1) is 0 Å². The number of aliphatic hydroxyl groups is 1. The van der Waals surface area contributed by atoms with Gasteiger partial charge in [0.05, 0.1) is 12.2 Å². The van der Waals surface area contributed by atoms with Crippen LogP contribution in [0, 0.1) is 17.3 Å². The van der Waals surface area contributed by atoms with Crippen molar-refractivity contribution < 1.29 is 19.7 Å². The number of rotatable bonds is 8. The van der Waals surface area contributed by atoms with Gasteiger partial charge in [-0.1, -0.05) is 27.4 Å². The molecule has 0 aromatic carbocycles. The minimum atomic E-state index is -0.668. The summed E-state index contributed by atoms with van der Waals surface area (Å²) >= 11 is 2.04. The molecule has 128 valence electrons. The van der Waals surface area contributed by atoms with Crippen LogP contribution in [-0.4, -0.2) is 29.7 Å². The molecule has 0 heterocycles. The van der Waals surface area contributed by atoms with E-state index in [4.69, 9.17) is 9.78 Å². The molecule has 0 aliphatic heterocycles. The lowest BCUT2D eigenvalue weighted by Gasteiger charge is -2.42. The van der Waals surface area contributed by atoms with Crippen LogP contribution in [0.1, 0.15) is 53.4 Å². The second-order valence-electron chi connectivity index (χ2n) is 6.80. The molecule has 5 heteroatoms. The van der Waals surface area contributed by atoms with Crippen LogP contribution in [0.4, 0.5) is 0 Å². The molecule has 4 nitrogen and oxygen atoms in total. The summed E-state index contributed by atoms with van der Waals surface area (Å²) in [7, 11) is 0. The van der Waals surface area contributed by atoms with E-state index in [1.165, 1.54) is 0 Å². The topological polar surface area (TPSA) is 55.8 Å². The second kappa shape index (κ2) is 8.76. The molecule has 6 atom stereocenters. The third kappa shape index (κ3) is 5.01. The van der Waals surface area contributed by atoms with Crippen molar-refractivity contribution >= 4 is 28.9 Å². The quantitative estimate of drug-likeness (QED) is 0.277. The van der Waals surface area contributed by atoms with Crippen molar-refractivity contribution in [2.75, 3.05) is 0 Å². The first-order chi connectivity index (χ1) is 10.2. The van der Waals surface area contributed by atoms with E-state index < -0.39 is 12.2 Å². The highest BCUT2D eigenvalue weighted by molar-refractivity contribution is 14.1. The summed E-state index contributed by atoms with van der Waals surface area (Å²) in [5.41, 5.74) is -0.308. The lowest BCUT2D eigenvalue weighted by Crippen LogP contribution is -2.40. The van der Waals surface area contributed by atoms with Crippen LogP contribution in [0.25, 0.3) is 0 Å². The monoisotopic (exact) mass is 424 g/mol. The molecule has 1 rings (SSSR count). The molecule has 0 aromatic rings. The van der Waals surface area contributed by atoms with E-state index in [-0.39, 0.29) is 11.5 Å². The van der Waals surface area contributed by atoms with Crippen LogP contribution in [0.2, 0.25) is 0 Å². The summed E-state index contributed by atoms with van der Waals surface area (Å²) in [5.74, 6) is 0.798. The van der Waals surface area contributed by atoms with Gasteiger partial charge >= 0.3 is 0 Å². The molecule has 0 spiro atoms. The van der Waals surface area contributed by atoms with Gasteiger partial charge in [-0.3, -0.25) is 0 Å². The van der Waals surface area contributed by atoms with Crippen LogP contribution in [0.5, 0.6) is 0 Å². The molecular formula is C17H29IO4. The van der Waals surface area contributed by atoms with Crippen molar-refractivity contribution in [3.63, 3.8) is 0 Å². The molecule has 1 fully saturated rings. The SMILES string of the molecule is C=C(I)C(OO[C@H]1CC[C@@H](C)C([C@@](C)(C=O)CC)C1)[C@@H](C)O. The first-order valence-corrected chi connectivity index (χ1v) is 9.13. The van der Waals surface area contributed by atoms with E-state index in [9.17, 15) is 9.90 Å². The standard InChI is InChI=1S/C17H29IO4/c1-6-17(5,10-19)15-9-14(8-7-11(15)2)21-22-16(12(3)18)13(4)20/h10-11,13-16,20H,3,6-9H2,1-2,4-5H3/t11-,13-,14+,15?,16?,17-/m1/s1. The van der Waals surface area contributed by atoms with E-state index in [1.807, 2.05) is 29.5 Å². The van der Waals surface area contributed by atoms with Crippen LogP contribution < -0.4 is 0 Å². The minimum absolute atomic E-state index is 0.0379. The predicted molar refractivity (Wildman–Crippen MR) is 95.6 cm³/mol. The fourth-order valence-electron chi connectivity index (χ4n) is 3.26. The highest BCUT2D eigenvalue weighted by Gasteiger charge is 2.41. The zero-order valence-electron chi connectivity index (χ0n) is 14.0. The van der Waals surface area contributed by atoms with Crippen LogP contribution in [0.15, 0.2) is 10.2 Å². The number of halogens is 1. The Morgan fingerprint density at radius 1 is 1.55 bits per heavy atom. The van der Waals surface area contributed by atoms with E-state index in [0.717, 1.165) is 32.0 Å². The molecular weight excluding hydrogens is 395 g/mol. The average Bonchev–Trinajstić information content (AvgIpc) is 2.47. The molecule has 0 radical (unpaired) electrons. The molecule has 0 bridgehead atoms. The maximum Gasteiger partial charge on any atom is 0.148 e. The van der Waals surface area contributed by atoms with Gasteiger partial charge in [0.15, 0.2) is 0 Å². The number of hydrogen-bond donors (Lipinski definition) is 1. The number of aldehydes is 1. The van der Waals surface area contributed by atoms with Gasteiger partial charge in [0.1, 0.15) is 12.4 Å². The Morgan fingerprint density at radius 2 is 2.18 bits per heavy atom. The molecule has 1 aliphatic carbocycles. The minimum Gasteiger partial charge on any atom is -0.390 e. The number of carbonyl (C=O) groups excluding carboxylic acids is 1. The number of hydrogen-bond acceptors (Lipinski definition) is 4. The third-order valence-corrected chi connectivity index (χ3v) is 5.68. The van der Waals surface area contributed by atoms with Crippen molar-refractivity contribution in [1.82, 2.24) is 0 Å².